The van der Waals surface area contributed by atoms with E-state index in [2.05, 4.69) is 5.32 Å². The number of anilines is 1. The average Bonchev–Trinajstić information content (AvgIpc) is 2.52. The second-order valence-corrected chi connectivity index (χ2v) is 4.83. The molecule has 114 valence electrons. The Morgan fingerprint density at radius 3 is 2.50 bits per heavy atom. The van der Waals surface area contributed by atoms with Crippen LogP contribution in [0.25, 0.3) is 0 Å². The molecule has 2 aromatic carbocycles. The largest absolute Gasteiger partial charge is 0.392 e. The van der Waals surface area contributed by atoms with Crippen LogP contribution in [0.5, 0.6) is 0 Å². The first kappa shape index (κ1) is 15.7. The van der Waals surface area contributed by atoms with E-state index in [4.69, 9.17) is 0 Å². The van der Waals surface area contributed by atoms with Gasteiger partial charge in [0.25, 0.3) is 5.69 Å². The van der Waals surface area contributed by atoms with Crippen LogP contribution in [0.15, 0.2) is 42.5 Å². The third-order valence-corrected chi connectivity index (χ3v) is 3.36. The van der Waals surface area contributed by atoms with Crippen LogP contribution < -0.4 is 5.32 Å². The van der Waals surface area contributed by atoms with Crippen molar-refractivity contribution >= 4 is 17.2 Å². The number of nitrogens with zero attached hydrogens (tertiary/aromatic N) is 1. The van der Waals surface area contributed by atoms with E-state index in [1.807, 2.05) is 18.2 Å². The molecule has 0 amide bonds. The summed E-state index contributed by atoms with van der Waals surface area (Å²) < 4.78 is 0. The summed E-state index contributed by atoms with van der Waals surface area (Å²) in [7, 11) is 0. The van der Waals surface area contributed by atoms with Gasteiger partial charge in [-0.1, -0.05) is 24.3 Å². The van der Waals surface area contributed by atoms with Gasteiger partial charge < -0.3 is 10.4 Å². The smallest absolute Gasteiger partial charge is 0.293 e. The van der Waals surface area contributed by atoms with Crippen LogP contribution >= 0.6 is 0 Å². The summed E-state index contributed by atoms with van der Waals surface area (Å²) in [6, 6.07) is 11.6. The lowest BCUT2D eigenvalue weighted by atomic mass is 10.1. The van der Waals surface area contributed by atoms with Crippen LogP contribution in [0, 0.1) is 10.1 Å². The lowest BCUT2D eigenvalue weighted by Gasteiger charge is -2.10. The van der Waals surface area contributed by atoms with Gasteiger partial charge in [-0.15, -0.1) is 0 Å². The minimum atomic E-state index is -0.521. The highest BCUT2D eigenvalue weighted by molar-refractivity contribution is 5.95. The number of ketones is 1. The van der Waals surface area contributed by atoms with E-state index < -0.39 is 4.92 Å². The molecule has 0 atom stereocenters. The molecule has 0 spiro atoms. The Kier molecular flexibility index (Phi) is 4.85. The highest BCUT2D eigenvalue weighted by Crippen LogP contribution is 2.26. The molecule has 22 heavy (non-hydrogen) atoms. The van der Waals surface area contributed by atoms with Crippen molar-refractivity contribution in [2.75, 3.05) is 5.32 Å². The van der Waals surface area contributed by atoms with Gasteiger partial charge in [0.2, 0.25) is 0 Å². The Morgan fingerprint density at radius 1 is 1.23 bits per heavy atom. The van der Waals surface area contributed by atoms with E-state index in [-0.39, 0.29) is 18.1 Å². The van der Waals surface area contributed by atoms with Crippen molar-refractivity contribution in [2.24, 2.45) is 0 Å². The lowest BCUT2D eigenvalue weighted by Crippen LogP contribution is -2.06. The molecule has 0 saturated heterocycles. The number of hydrogen-bond acceptors (Lipinski definition) is 5. The number of Topliss-reactive ketones (excluding diaryl/α,β-unsaturated/α-hetero) is 1. The van der Waals surface area contributed by atoms with Crippen LogP contribution in [-0.4, -0.2) is 15.8 Å². The standard InChI is InChI=1S/C16H16N2O4/c1-11(20)12-6-7-15(16(8-12)18(21)22)17-9-13-4-2-3-5-14(13)10-19/h2-8,17,19H,9-10H2,1H3. The molecule has 0 aliphatic heterocycles. The molecule has 0 unspecified atom stereocenters. The molecule has 0 saturated carbocycles. The fourth-order valence-corrected chi connectivity index (χ4v) is 2.13. The number of rotatable bonds is 6. The van der Waals surface area contributed by atoms with Crippen LogP contribution in [0.1, 0.15) is 28.4 Å². The van der Waals surface area contributed by atoms with Gasteiger partial charge in [-0.3, -0.25) is 14.9 Å². The zero-order chi connectivity index (χ0) is 16.1. The number of nitrogens with one attached hydrogen (secondary N) is 1. The molecule has 2 rings (SSSR count). The summed E-state index contributed by atoms with van der Waals surface area (Å²) in [4.78, 5) is 21.9. The van der Waals surface area contributed by atoms with Crippen molar-refractivity contribution in [1.82, 2.24) is 0 Å². The maximum atomic E-state index is 11.3. The van der Waals surface area contributed by atoms with Crippen LogP contribution in [0.3, 0.4) is 0 Å². The van der Waals surface area contributed by atoms with Gasteiger partial charge >= 0.3 is 0 Å². The summed E-state index contributed by atoms with van der Waals surface area (Å²) in [6.07, 6.45) is 0. The van der Waals surface area contributed by atoms with Gasteiger partial charge in [-0.05, 0) is 30.2 Å². The number of aliphatic hydroxyl groups is 1. The van der Waals surface area contributed by atoms with E-state index in [1.54, 1.807) is 12.1 Å². The van der Waals surface area contributed by atoms with E-state index in [1.165, 1.54) is 19.1 Å². The molecule has 0 fully saturated rings. The van der Waals surface area contributed by atoms with Crippen molar-refractivity contribution in [3.8, 4) is 0 Å². The molecular formula is C16H16N2O4. The van der Waals surface area contributed by atoms with E-state index in [9.17, 15) is 20.0 Å². The molecule has 0 aromatic heterocycles. The molecule has 0 heterocycles. The van der Waals surface area contributed by atoms with E-state index >= 15 is 0 Å². The summed E-state index contributed by atoms with van der Waals surface area (Å²) in [5, 5.41) is 23.4. The molecular weight excluding hydrogens is 284 g/mol. The number of aliphatic hydroxyl groups excluding tert-OH is 1. The SMILES string of the molecule is CC(=O)c1ccc(NCc2ccccc2CO)c([N+](=O)[O-])c1. The minimum Gasteiger partial charge on any atom is -0.392 e. The zero-order valence-electron chi connectivity index (χ0n) is 12.1. The Labute approximate surface area is 127 Å². The molecule has 2 aromatic rings. The van der Waals surface area contributed by atoms with Gasteiger partial charge in [0.05, 0.1) is 11.5 Å². The topological polar surface area (TPSA) is 92.5 Å². The fourth-order valence-electron chi connectivity index (χ4n) is 2.13. The van der Waals surface area contributed by atoms with E-state index in [0.717, 1.165) is 11.1 Å². The highest BCUT2D eigenvalue weighted by Gasteiger charge is 2.16. The average molecular weight is 300 g/mol. The first-order valence-corrected chi connectivity index (χ1v) is 6.74. The number of carbonyl (C=O) groups excluding carboxylic acids is 1. The van der Waals surface area contributed by atoms with Crippen molar-refractivity contribution in [3.05, 3.63) is 69.3 Å². The van der Waals surface area contributed by atoms with Gasteiger partial charge in [-0.2, -0.15) is 0 Å². The molecule has 6 heteroatoms. The Balaban J connectivity index is 2.26. The van der Waals surface area contributed by atoms with Gasteiger partial charge in [0, 0.05) is 18.2 Å². The first-order chi connectivity index (χ1) is 10.5. The van der Waals surface area contributed by atoms with E-state index in [0.29, 0.717) is 17.8 Å². The molecule has 0 radical (unpaired) electrons. The predicted molar refractivity (Wildman–Crippen MR) is 82.8 cm³/mol. The molecule has 0 bridgehead atoms. The molecule has 2 N–H and O–H groups in total. The Hall–Kier alpha value is -2.73. The number of nitro groups is 1. The van der Waals surface area contributed by atoms with Crippen molar-refractivity contribution in [3.63, 3.8) is 0 Å². The normalized spacial score (nSPS) is 10.3. The van der Waals surface area contributed by atoms with Crippen LogP contribution in [-0.2, 0) is 13.2 Å². The zero-order valence-corrected chi connectivity index (χ0v) is 12.1. The maximum Gasteiger partial charge on any atom is 0.293 e. The van der Waals surface area contributed by atoms with Crippen LogP contribution in [0.4, 0.5) is 11.4 Å². The quantitative estimate of drug-likeness (QED) is 0.486. The monoisotopic (exact) mass is 300 g/mol. The molecule has 0 aliphatic rings. The second-order valence-electron chi connectivity index (χ2n) is 4.83. The highest BCUT2D eigenvalue weighted by atomic mass is 16.6. The summed E-state index contributed by atoms with van der Waals surface area (Å²) in [5.74, 6) is -0.222. The maximum absolute atomic E-state index is 11.3. The Bertz CT molecular complexity index is 713. The fraction of sp³-hybridized carbons (Fsp3) is 0.188. The number of nitro benzene ring substituents is 1. The van der Waals surface area contributed by atoms with Gasteiger partial charge in [0.1, 0.15) is 5.69 Å². The van der Waals surface area contributed by atoms with Crippen LogP contribution in [0.2, 0.25) is 0 Å². The minimum absolute atomic E-state index is 0.0940. The van der Waals surface area contributed by atoms with Crippen molar-refractivity contribution in [2.45, 2.75) is 20.1 Å². The Morgan fingerprint density at radius 2 is 1.91 bits per heavy atom. The lowest BCUT2D eigenvalue weighted by molar-refractivity contribution is -0.384. The number of benzene rings is 2. The number of carbonyl (C=O) groups is 1. The van der Waals surface area contributed by atoms with Crippen molar-refractivity contribution < 1.29 is 14.8 Å². The predicted octanol–water partition coefficient (Wildman–Crippen LogP) is 2.90. The van der Waals surface area contributed by atoms with Gasteiger partial charge in [-0.25, -0.2) is 0 Å². The number of hydrogen-bond donors (Lipinski definition) is 2. The third kappa shape index (κ3) is 3.48. The third-order valence-electron chi connectivity index (χ3n) is 3.36. The van der Waals surface area contributed by atoms with Crippen molar-refractivity contribution in [1.29, 1.82) is 0 Å². The molecule has 6 nitrogen and oxygen atoms in total. The summed E-state index contributed by atoms with van der Waals surface area (Å²) >= 11 is 0. The summed E-state index contributed by atoms with van der Waals surface area (Å²) in [6.45, 7) is 1.61. The van der Waals surface area contributed by atoms with Gasteiger partial charge in [0.15, 0.2) is 5.78 Å². The second kappa shape index (κ2) is 6.82. The summed E-state index contributed by atoms with van der Waals surface area (Å²) in [5.41, 5.74) is 2.11. The first-order valence-electron chi connectivity index (χ1n) is 6.74. The molecule has 0 aliphatic carbocycles.